The van der Waals surface area contributed by atoms with Gasteiger partial charge in [0, 0.05) is 36.7 Å². The van der Waals surface area contributed by atoms with E-state index in [-0.39, 0.29) is 17.7 Å². The van der Waals surface area contributed by atoms with Gasteiger partial charge in [-0.25, -0.2) is 9.37 Å². The molecule has 2 heterocycles. The van der Waals surface area contributed by atoms with Crippen molar-refractivity contribution < 1.29 is 17.6 Å². The first-order valence-corrected chi connectivity index (χ1v) is 8.51. The zero-order valence-corrected chi connectivity index (χ0v) is 13.9. The van der Waals surface area contributed by atoms with Crippen molar-refractivity contribution in [3.8, 4) is 0 Å². The van der Waals surface area contributed by atoms with Crippen LogP contribution in [-0.2, 0) is 25.7 Å². The van der Waals surface area contributed by atoms with Gasteiger partial charge in [-0.05, 0) is 31.4 Å². The number of H-pyrrole nitrogens is 1. The van der Waals surface area contributed by atoms with Gasteiger partial charge in [-0.3, -0.25) is 9.69 Å². The van der Waals surface area contributed by atoms with Crippen LogP contribution in [0.15, 0.2) is 23.0 Å². The minimum atomic E-state index is -4.56. The van der Waals surface area contributed by atoms with Gasteiger partial charge in [0.1, 0.15) is 11.6 Å². The van der Waals surface area contributed by atoms with E-state index in [2.05, 4.69) is 9.97 Å². The van der Waals surface area contributed by atoms with E-state index >= 15 is 0 Å². The Morgan fingerprint density at radius 1 is 1.27 bits per heavy atom. The molecule has 1 aromatic heterocycles. The number of nitrogens with zero attached hydrogens (tertiary/aromatic N) is 2. The molecular formula is C18H17F4N3O. The second-order valence-electron chi connectivity index (χ2n) is 6.92. The number of nitrogens with one attached hydrogen (secondary N) is 1. The van der Waals surface area contributed by atoms with Crippen molar-refractivity contribution in [1.82, 2.24) is 14.9 Å². The molecule has 2 aromatic rings. The Hall–Kier alpha value is -2.22. The minimum absolute atomic E-state index is 0.114. The molecule has 1 aliphatic heterocycles. The molecule has 0 saturated heterocycles. The van der Waals surface area contributed by atoms with Gasteiger partial charge in [0.05, 0.1) is 11.3 Å². The molecule has 2 aliphatic rings. The van der Waals surface area contributed by atoms with Crippen LogP contribution in [0.3, 0.4) is 0 Å². The Morgan fingerprint density at radius 3 is 2.69 bits per heavy atom. The van der Waals surface area contributed by atoms with Gasteiger partial charge < -0.3 is 4.98 Å². The summed E-state index contributed by atoms with van der Waals surface area (Å²) in [5, 5.41) is 0. The lowest BCUT2D eigenvalue weighted by atomic mass is 10.0. The number of benzene rings is 1. The molecule has 0 unspecified atom stereocenters. The van der Waals surface area contributed by atoms with Gasteiger partial charge in [0.2, 0.25) is 0 Å². The van der Waals surface area contributed by atoms with Crippen molar-refractivity contribution >= 4 is 0 Å². The summed E-state index contributed by atoms with van der Waals surface area (Å²) in [6.45, 7) is 1.09. The first-order chi connectivity index (χ1) is 12.3. The Balaban J connectivity index is 1.53. The van der Waals surface area contributed by atoms with E-state index in [1.54, 1.807) is 0 Å². The third-order valence-electron chi connectivity index (χ3n) is 4.91. The molecule has 4 nitrogen and oxygen atoms in total. The highest BCUT2D eigenvalue weighted by atomic mass is 19.4. The standard InChI is InChI=1S/C18H17F4N3O/c19-14-7-12(18(20,21)22)4-3-11(14)8-25-6-5-13-15(9-25)23-16(10-1-2-10)24-17(13)26/h3-4,7,10H,1-2,5-6,8-9H2,(H,23,24,26). The van der Waals surface area contributed by atoms with E-state index < -0.39 is 17.6 Å². The zero-order valence-electron chi connectivity index (χ0n) is 13.9. The molecule has 1 N–H and O–H groups in total. The third kappa shape index (κ3) is 3.38. The second-order valence-corrected chi connectivity index (χ2v) is 6.92. The fourth-order valence-electron chi connectivity index (χ4n) is 3.29. The summed E-state index contributed by atoms with van der Waals surface area (Å²) < 4.78 is 52.0. The summed E-state index contributed by atoms with van der Waals surface area (Å²) in [5.41, 5.74) is 0.434. The average Bonchev–Trinajstić information content (AvgIpc) is 3.40. The quantitative estimate of drug-likeness (QED) is 0.847. The topological polar surface area (TPSA) is 49.0 Å². The largest absolute Gasteiger partial charge is 0.416 e. The van der Waals surface area contributed by atoms with Gasteiger partial charge in [-0.2, -0.15) is 13.2 Å². The van der Waals surface area contributed by atoms with E-state index in [4.69, 9.17) is 0 Å². The van der Waals surface area contributed by atoms with Gasteiger partial charge in [-0.1, -0.05) is 6.07 Å². The maximum absolute atomic E-state index is 14.1. The highest BCUT2D eigenvalue weighted by Gasteiger charge is 2.32. The lowest BCUT2D eigenvalue weighted by Gasteiger charge is -2.28. The van der Waals surface area contributed by atoms with Crippen molar-refractivity contribution in [2.24, 2.45) is 0 Å². The van der Waals surface area contributed by atoms with Crippen molar-refractivity contribution in [3.63, 3.8) is 0 Å². The summed E-state index contributed by atoms with van der Waals surface area (Å²) in [5.74, 6) is 0.148. The fraction of sp³-hybridized carbons (Fsp3) is 0.444. The minimum Gasteiger partial charge on any atom is -0.310 e. The molecule has 1 saturated carbocycles. The molecule has 0 amide bonds. The smallest absolute Gasteiger partial charge is 0.310 e. The van der Waals surface area contributed by atoms with Crippen LogP contribution >= 0.6 is 0 Å². The van der Waals surface area contributed by atoms with Crippen LogP contribution in [0.5, 0.6) is 0 Å². The van der Waals surface area contributed by atoms with E-state index in [0.29, 0.717) is 48.6 Å². The molecule has 1 aromatic carbocycles. The highest BCUT2D eigenvalue weighted by Crippen LogP contribution is 2.38. The average molecular weight is 367 g/mol. The third-order valence-corrected chi connectivity index (χ3v) is 4.91. The highest BCUT2D eigenvalue weighted by molar-refractivity contribution is 5.27. The van der Waals surface area contributed by atoms with E-state index in [1.807, 2.05) is 4.90 Å². The van der Waals surface area contributed by atoms with Crippen LogP contribution in [0.1, 0.15) is 47.0 Å². The summed E-state index contributed by atoms with van der Waals surface area (Å²) in [4.78, 5) is 21.5. The number of halogens is 4. The van der Waals surface area contributed by atoms with Crippen LogP contribution in [0.4, 0.5) is 17.6 Å². The van der Waals surface area contributed by atoms with E-state index in [0.717, 1.165) is 18.9 Å². The lowest BCUT2D eigenvalue weighted by Crippen LogP contribution is -2.35. The van der Waals surface area contributed by atoms with Crippen LogP contribution < -0.4 is 5.56 Å². The zero-order chi connectivity index (χ0) is 18.5. The summed E-state index contributed by atoms with van der Waals surface area (Å²) in [6, 6.07) is 2.60. The van der Waals surface area contributed by atoms with Crippen molar-refractivity contribution in [2.45, 2.75) is 44.4 Å². The normalized spacial score (nSPS) is 18.0. The van der Waals surface area contributed by atoms with Gasteiger partial charge in [0.15, 0.2) is 0 Å². The Kier molecular flexibility index (Phi) is 4.10. The number of alkyl halides is 3. The molecule has 26 heavy (non-hydrogen) atoms. The molecule has 0 bridgehead atoms. The van der Waals surface area contributed by atoms with E-state index in [1.165, 1.54) is 6.07 Å². The molecule has 138 valence electrons. The lowest BCUT2D eigenvalue weighted by molar-refractivity contribution is -0.137. The number of hydrogen-bond acceptors (Lipinski definition) is 3. The molecule has 0 radical (unpaired) electrons. The first kappa shape index (κ1) is 17.2. The Labute approximate surface area is 146 Å². The number of fused-ring (bicyclic) bond motifs is 1. The predicted molar refractivity (Wildman–Crippen MR) is 86.1 cm³/mol. The number of hydrogen-bond donors (Lipinski definition) is 1. The molecule has 8 heteroatoms. The predicted octanol–water partition coefficient (Wildman–Crippen LogP) is 3.36. The SMILES string of the molecule is O=c1[nH]c(C2CC2)nc2c1CCN(Cc1ccc(C(F)(F)F)cc1F)C2. The van der Waals surface area contributed by atoms with Crippen molar-refractivity contribution in [1.29, 1.82) is 0 Å². The molecule has 1 fully saturated rings. The maximum Gasteiger partial charge on any atom is 0.416 e. The first-order valence-electron chi connectivity index (χ1n) is 8.51. The van der Waals surface area contributed by atoms with Gasteiger partial charge >= 0.3 is 6.18 Å². The van der Waals surface area contributed by atoms with Crippen LogP contribution in [0, 0.1) is 5.82 Å². The summed E-state index contributed by atoms with van der Waals surface area (Å²) in [6.07, 6.45) is -2.04. The Morgan fingerprint density at radius 2 is 2.04 bits per heavy atom. The van der Waals surface area contributed by atoms with Crippen LogP contribution in [0.2, 0.25) is 0 Å². The van der Waals surface area contributed by atoms with Crippen molar-refractivity contribution in [2.75, 3.05) is 6.54 Å². The molecule has 4 rings (SSSR count). The maximum atomic E-state index is 14.1. The second kappa shape index (κ2) is 6.19. The van der Waals surface area contributed by atoms with Crippen molar-refractivity contribution in [3.05, 3.63) is 62.6 Å². The number of aromatic nitrogens is 2. The molecular weight excluding hydrogens is 350 g/mol. The van der Waals surface area contributed by atoms with Gasteiger partial charge in [0.25, 0.3) is 5.56 Å². The number of aromatic amines is 1. The van der Waals surface area contributed by atoms with Crippen LogP contribution in [0.25, 0.3) is 0 Å². The number of rotatable bonds is 3. The summed E-state index contributed by atoms with van der Waals surface area (Å²) in [7, 11) is 0. The monoisotopic (exact) mass is 367 g/mol. The summed E-state index contributed by atoms with van der Waals surface area (Å²) >= 11 is 0. The molecule has 0 spiro atoms. The Bertz CT molecular complexity index is 902. The molecule has 0 atom stereocenters. The van der Waals surface area contributed by atoms with Crippen LogP contribution in [-0.4, -0.2) is 21.4 Å². The molecule has 1 aliphatic carbocycles. The van der Waals surface area contributed by atoms with Gasteiger partial charge in [-0.15, -0.1) is 0 Å². The van der Waals surface area contributed by atoms with E-state index in [9.17, 15) is 22.4 Å². The fourth-order valence-corrected chi connectivity index (χ4v) is 3.29.